The van der Waals surface area contributed by atoms with E-state index in [1.807, 2.05) is 0 Å². The van der Waals surface area contributed by atoms with Crippen molar-refractivity contribution in [3.63, 3.8) is 0 Å². The lowest BCUT2D eigenvalue weighted by Crippen LogP contribution is -2.64. The summed E-state index contributed by atoms with van der Waals surface area (Å²) in [5.41, 5.74) is 0. The first kappa shape index (κ1) is 67.6. The summed E-state index contributed by atoms with van der Waals surface area (Å²) >= 11 is 0. The van der Waals surface area contributed by atoms with Crippen LogP contribution in [0.5, 0.6) is 0 Å². The Bertz CT molecular complexity index is 1310. The van der Waals surface area contributed by atoms with Crippen molar-refractivity contribution >= 4 is 13.8 Å². The fourth-order valence-corrected chi connectivity index (χ4v) is 10.1. The molecule has 6 unspecified atom stereocenters. The topological polar surface area (TPSA) is 192 Å². The molecule has 71 heavy (non-hydrogen) atoms. The second-order valence-electron chi connectivity index (χ2n) is 20.5. The molecular formula is C58H109O12P. The smallest absolute Gasteiger partial charge is 0.457 e. The van der Waals surface area contributed by atoms with Gasteiger partial charge >= 0.3 is 13.8 Å². The molecule has 1 fully saturated rings. The number of rotatable bonds is 51. The molecule has 1 aliphatic rings. The van der Waals surface area contributed by atoms with Crippen LogP contribution in [-0.4, -0.2) is 98.9 Å². The van der Waals surface area contributed by atoms with Crippen LogP contribution in [-0.2, 0) is 27.9 Å². The van der Waals surface area contributed by atoms with E-state index < -0.39 is 63.1 Å². The molecule has 0 bridgehead atoms. The number of hydrogen-bond acceptors (Lipinski definition) is 11. The van der Waals surface area contributed by atoms with Gasteiger partial charge in [0.05, 0.1) is 13.2 Å². The van der Waals surface area contributed by atoms with Crippen LogP contribution in [0.3, 0.4) is 0 Å². The number of aliphatic hydroxyl groups excluding tert-OH is 5. The first-order chi connectivity index (χ1) is 34.5. The number of carbonyl (C=O) groups is 1. The minimum atomic E-state index is -5.03. The Morgan fingerprint density at radius 1 is 0.451 bits per heavy atom. The molecule has 12 nitrogen and oxygen atoms in total. The van der Waals surface area contributed by atoms with Crippen molar-refractivity contribution in [2.75, 3.05) is 19.8 Å². The fraction of sp³-hybridized carbons (Fsp3) is 0.879. The molecule has 0 radical (unpaired) electrons. The molecular weight excluding hydrogens is 920 g/mol. The third-order valence-electron chi connectivity index (χ3n) is 13.8. The van der Waals surface area contributed by atoms with Gasteiger partial charge in [0.1, 0.15) is 42.7 Å². The number of phosphoric acid groups is 1. The minimum Gasteiger partial charge on any atom is -0.457 e. The Hall–Kier alpha value is -1.44. The molecule has 418 valence electrons. The van der Waals surface area contributed by atoms with E-state index in [4.69, 9.17) is 18.5 Å². The maximum absolute atomic E-state index is 12.9. The normalized spacial score (nSPS) is 21.0. The van der Waals surface area contributed by atoms with E-state index in [0.29, 0.717) is 13.0 Å². The Labute approximate surface area is 433 Å². The van der Waals surface area contributed by atoms with Gasteiger partial charge in [0.25, 0.3) is 0 Å². The van der Waals surface area contributed by atoms with Crippen LogP contribution in [0.4, 0.5) is 0 Å². The first-order valence-corrected chi connectivity index (χ1v) is 30.8. The van der Waals surface area contributed by atoms with Crippen LogP contribution >= 0.6 is 7.82 Å². The zero-order valence-electron chi connectivity index (χ0n) is 45.3. The number of allylic oxidation sites excluding steroid dienone is 6. The highest BCUT2D eigenvalue weighted by atomic mass is 31.2. The van der Waals surface area contributed by atoms with Crippen LogP contribution < -0.4 is 0 Å². The van der Waals surface area contributed by atoms with Crippen LogP contribution in [0.15, 0.2) is 36.5 Å². The van der Waals surface area contributed by atoms with E-state index in [0.717, 1.165) is 64.2 Å². The van der Waals surface area contributed by atoms with Crippen LogP contribution in [0, 0.1) is 0 Å². The molecule has 1 aliphatic carbocycles. The van der Waals surface area contributed by atoms with Crippen molar-refractivity contribution in [3.05, 3.63) is 36.5 Å². The van der Waals surface area contributed by atoms with Gasteiger partial charge in [-0.1, -0.05) is 243 Å². The summed E-state index contributed by atoms with van der Waals surface area (Å²) in [6, 6.07) is 0. The Kier molecular flexibility index (Phi) is 45.9. The van der Waals surface area contributed by atoms with Gasteiger partial charge in [-0.3, -0.25) is 13.8 Å². The lowest BCUT2D eigenvalue weighted by molar-refractivity contribution is -0.220. The summed E-state index contributed by atoms with van der Waals surface area (Å²) in [6.45, 7) is 4.30. The standard InChI is InChI=1S/C58H109O12P/c1-3-5-7-9-11-13-15-17-19-21-23-25-26-27-29-31-33-35-37-39-41-43-45-47-52(59)69-51(50-68-71(65,66)70-58-56(63)54(61)53(60)55(62)57(58)64)49-67-48-46-44-42-40-38-36-34-32-30-28-24-22-20-18-16-14-12-10-8-6-4-2/h15,17,21,23,26-27,51,53-58,60-64H,3-14,16,18-20,22,24-25,28-50H2,1-2H3,(H,65,66)/b17-15-,23-21-,27-26-. The highest BCUT2D eigenvalue weighted by Crippen LogP contribution is 2.47. The number of phosphoric ester groups is 1. The summed E-state index contributed by atoms with van der Waals surface area (Å²) in [6.07, 6.45) is 47.8. The van der Waals surface area contributed by atoms with Gasteiger partial charge in [0.2, 0.25) is 0 Å². The van der Waals surface area contributed by atoms with E-state index in [1.54, 1.807) is 0 Å². The summed E-state index contributed by atoms with van der Waals surface area (Å²) in [4.78, 5) is 23.3. The van der Waals surface area contributed by atoms with Crippen LogP contribution in [0.25, 0.3) is 0 Å². The predicted octanol–water partition coefficient (Wildman–Crippen LogP) is 14.2. The molecule has 1 saturated carbocycles. The highest BCUT2D eigenvalue weighted by molar-refractivity contribution is 7.47. The molecule has 0 spiro atoms. The van der Waals surface area contributed by atoms with Gasteiger partial charge in [-0.2, -0.15) is 0 Å². The second-order valence-corrected chi connectivity index (χ2v) is 21.9. The van der Waals surface area contributed by atoms with E-state index in [-0.39, 0.29) is 13.0 Å². The number of ether oxygens (including phenoxy) is 2. The first-order valence-electron chi connectivity index (χ1n) is 29.3. The van der Waals surface area contributed by atoms with Crippen molar-refractivity contribution in [1.82, 2.24) is 0 Å². The van der Waals surface area contributed by atoms with Crippen LogP contribution in [0.1, 0.15) is 264 Å². The molecule has 0 aromatic rings. The zero-order chi connectivity index (χ0) is 51.9. The number of hydrogen-bond donors (Lipinski definition) is 6. The van der Waals surface area contributed by atoms with Gasteiger partial charge in [-0.25, -0.2) is 4.57 Å². The molecule has 0 amide bonds. The van der Waals surface area contributed by atoms with Crippen molar-refractivity contribution in [1.29, 1.82) is 0 Å². The zero-order valence-corrected chi connectivity index (χ0v) is 46.2. The molecule has 6 N–H and O–H groups in total. The van der Waals surface area contributed by atoms with Crippen LogP contribution in [0.2, 0.25) is 0 Å². The van der Waals surface area contributed by atoms with Gasteiger partial charge in [0.15, 0.2) is 0 Å². The third kappa shape index (κ3) is 39.6. The molecule has 1 rings (SSSR count). The van der Waals surface area contributed by atoms with Crippen molar-refractivity contribution in [2.45, 2.75) is 307 Å². The number of aliphatic hydroxyl groups is 5. The summed E-state index contributed by atoms with van der Waals surface area (Å²) in [5.74, 6) is -0.479. The van der Waals surface area contributed by atoms with Crippen molar-refractivity contribution < 1.29 is 58.3 Å². The lowest BCUT2D eigenvalue weighted by atomic mass is 9.85. The van der Waals surface area contributed by atoms with Gasteiger partial charge in [-0.05, 0) is 51.4 Å². The molecule has 0 saturated heterocycles. The lowest BCUT2D eigenvalue weighted by Gasteiger charge is -2.41. The van der Waals surface area contributed by atoms with Gasteiger partial charge < -0.3 is 39.9 Å². The average Bonchev–Trinajstić information content (AvgIpc) is 3.36. The Morgan fingerprint density at radius 2 is 0.789 bits per heavy atom. The van der Waals surface area contributed by atoms with E-state index >= 15 is 0 Å². The maximum atomic E-state index is 12.9. The SMILES string of the molecule is CCCCCCC/C=C\C/C=C\C/C=C\CCCCCCCCCCC(=O)OC(COCCCCCCCCCCCCCCCCCCCCCCC)COP(=O)(O)OC1C(O)C(O)C(O)C(O)C1O. The van der Waals surface area contributed by atoms with E-state index in [1.165, 1.54) is 173 Å². The predicted molar refractivity (Wildman–Crippen MR) is 290 cm³/mol. The Morgan fingerprint density at radius 3 is 1.20 bits per heavy atom. The highest BCUT2D eigenvalue weighted by Gasteiger charge is 2.51. The maximum Gasteiger partial charge on any atom is 0.472 e. The summed E-state index contributed by atoms with van der Waals surface area (Å²) < 4.78 is 34.4. The number of unbranched alkanes of at least 4 members (excludes halogenated alkanes) is 33. The molecule has 0 aliphatic heterocycles. The fourth-order valence-electron chi connectivity index (χ4n) is 9.13. The number of carbonyl (C=O) groups excluding carboxylic acids is 1. The monoisotopic (exact) mass is 1030 g/mol. The largest absolute Gasteiger partial charge is 0.472 e. The molecule has 0 aromatic heterocycles. The molecule has 13 heteroatoms. The summed E-state index contributed by atoms with van der Waals surface area (Å²) in [5, 5.41) is 50.4. The second kappa shape index (κ2) is 48.2. The van der Waals surface area contributed by atoms with Crippen molar-refractivity contribution in [2.24, 2.45) is 0 Å². The molecule has 0 heterocycles. The van der Waals surface area contributed by atoms with E-state index in [2.05, 4.69) is 50.3 Å². The molecule has 0 aromatic carbocycles. The van der Waals surface area contributed by atoms with Crippen molar-refractivity contribution in [3.8, 4) is 0 Å². The van der Waals surface area contributed by atoms with Gasteiger partial charge in [0, 0.05) is 13.0 Å². The molecule has 6 atom stereocenters. The van der Waals surface area contributed by atoms with Gasteiger partial charge in [-0.15, -0.1) is 0 Å². The third-order valence-corrected chi connectivity index (χ3v) is 14.8. The minimum absolute atomic E-state index is 0.0761. The van der Waals surface area contributed by atoms with E-state index in [9.17, 15) is 39.8 Å². The average molecular weight is 1030 g/mol. The summed E-state index contributed by atoms with van der Waals surface area (Å²) in [7, 11) is -5.03. The quantitative estimate of drug-likeness (QED) is 0.0146. The Balaban J connectivity index is 2.28. The number of esters is 1.